The molecule has 1 aromatic carbocycles. The number of fused-ring (bicyclic) bond motifs is 1. The summed E-state index contributed by atoms with van der Waals surface area (Å²) in [6.45, 7) is 3.98. The Morgan fingerprint density at radius 3 is 2.71 bits per heavy atom. The van der Waals surface area contributed by atoms with E-state index in [0.717, 1.165) is 5.56 Å². The van der Waals surface area contributed by atoms with E-state index in [2.05, 4.69) is 9.68 Å². The molecule has 128 valence electrons. The molecule has 0 saturated carbocycles. The number of hydrogen-bond acceptors (Lipinski definition) is 6. The van der Waals surface area contributed by atoms with Crippen LogP contribution in [-0.2, 0) is 30.9 Å². The van der Waals surface area contributed by atoms with Crippen LogP contribution >= 0.6 is 0 Å². The van der Waals surface area contributed by atoms with Crippen LogP contribution in [0.1, 0.15) is 42.6 Å². The maximum absolute atomic E-state index is 12.7. The number of piperidine rings is 1. The fourth-order valence-electron chi connectivity index (χ4n) is 2.89. The molecule has 7 nitrogen and oxygen atoms in total. The zero-order valence-corrected chi connectivity index (χ0v) is 14.3. The minimum absolute atomic E-state index is 0.0743. The van der Waals surface area contributed by atoms with Crippen LogP contribution < -0.4 is 5.32 Å². The fraction of sp³-hybridized carbons (Fsp3) is 0.438. The van der Waals surface area contributed by atoms with Gasteiger partial charge >= 0.3 is 0 Å². The average Bonchev–Trinajstić information content (AvgIpc) is 2.83. The van der Waals surface area contributed by atoms with Gasteiger partial charge in [0.15, 0.2) is 0 Å². The lowest BCUT2D eigenvalue weighted by Crippen LogP contribution is -2.52. The first-order valence-electron chi connectivity index (χ1n) is 7.77. The summed E-state index contributed by atoms with van der Waals surface area (Å²) in [6.07, 6.45) is 0.547. The number of carbonyl (C=O) groups is 3. The molecule has 0 bridgehead atoms. The first kappa shape index (κ1) is 16.6. The number of nitrogens with zero attached hydrogens (tertiary/aromatic N) is 2. The molecule has 1 fully saturated rings. The Morgan fingerprint density at radius 2 is 2.04 bits per heavy atom. The number of benzene rings is 1. The summed E-state index contributed by atoms with van der Waals surface area (Å²) in [7, 11) is -1.52. The Balaban J connectivity index is 1.87. The number of imide groups is 1. The quantitative estimate of drug-likeness (QED) is 0.659. The van der Waals surface area contributed by atoms with E-state index < -0.39 is 22.5 Å². The number of carbonyl (C=O) groups excluding carboxylic acids is 3. The first-order valence-corrected chi connectivity index (χ1v) is 8.88. The summed E-state index contributed by atoms with van der Waals surface area (Å²) < 4.78 is 16.2. The van der Waals surface area contributed by atoms with Crippen LogP contribution in [0.3, 0.4) is 0 Å². The molecule has 24 heavy (non-hydrogen) atoms. The molecule has 0 radical (unpaired) electrons. The molecule has 1 N–H and O–H groups in total. The van der Waals surface area contributed by atoms with Crippen molar-refractivity contribution in [3.05, 3.63) is 29.3 Å². The van der Waals surface area contributed by atoms with Crippen molar-refractivity contribution in [2.45, 2.75) is 50.2 Å². The summed E-state index contributed by atoms with van der Waals surface area (Å²) in [5, 5.41) is 2.27. The third kappa shape index (κ3) is 3.06. The molecule has 0 aromatic heterocycles. The average molecular weight is 348 g/mol. The summed E-state index contributed by atoms with van der Waals surface area (Å²) in [5.41, 5.74) is 1.24. The van der Waals surface area contributed by atoms with E-state index in [-0.39, 0.29) is 24.3 Å². The minimum Gasteiger partial charge on any atom is -0.440 e. The molecule has 2 heterocycles. The van der Waals surface area contributed by atoms with Crippen molar-refractivity contribution in [3.63, 3.8) is 0 Å². The zero-order chi connectivity index (χ0) is 17.4. The fourth-order valence-corrected chi connectivity index (χ4v) is 3.80. The van der Waals surface area contributed by atoms with Gasteiger partial charge in [0.2, 0.25) is 11.8 Å². The second kappa shape index (κ2) is 6.35. The minimum atomic E-state index is -1.52. The maximum atomic E-state index is 12.7. The van der Waals surface area contributed by atoms with Crippen molar-refractivity contribution in [2.24, 2.45) is 4.36 Å². The maximum Gasteiger partial charge on any atom is 0.255 e. The van der Waals surface area contributed by atoms with Gasteiger partial charge in [-0.3, -0.25) is 19.7 Å². The van der Waals surface area contributed by atoms with Crippen LogP contribution in [-0.4, -0.2) is 34.7 Å². The van der Waals surface area contributed by atoms with Crippen LogP contribution in [0, 0.1) is 0 Å². The van der Waals surface area contributed by atoms with Gasteiger partial charge < -0.3 is 13.5 Å². The summed E-state index contributed by atoms with van der Waals surface area (Å²) >= 11 is 0. The van der Waals surface area contributed by atoms with Crippen LogP contribution in [0.4, 0.5) is 0 Å². The molecular formula is C16H18N3O4S-. The van der Waals surface area contributed by atoms with Gasteiger partial charge in [-0.05, 0) is 25.8 Å². The van der Waals surface area contributed by atoms with Crippen LogP contribution in [0.15, 0.2) is 27.5 Å². The third-order valence-electron chi connectivity index (χ3n) is 4.01. The van der Waals surface area contributed by atoms with E-state index in [1.165, 1.54) is 4.90 Å². The predicted octanol–water partition coefficient (Wildman–Crippen LogP) is 1.36. The van der Waals surface area contributed by atoms with Gasteiger partial charge in [-0.25, -0.2) is 0 Å². The van der Waals surface area contributed by atoms with E-state index in [4.69, 9.17) is 0 Å². The van der Waals surface area contributed by atoms with Crippen LogP contribution in [0.2, 0.25) is 0 Å². The van der Waals surface area contributed by atoms with Crippen molar-refractivity contribution in [1.82, 2.24) is 10.2 Å². The van der Waals surface area contributed by atoms with Gasteiger partial charge in [-0.15, -0.1) is 0 Å². The Hall–Kier alpha value is -2.22. The van der Waals surface area contributed by atoms with Crippen LogP contribution in [0.25, 0.3) is 0 Å². The molecule has 2 aliphatic rings. The predicted molar refractivity (Wildman–Crippen MR) is 86.4 cm³/mol. The highest BCUT2D eigenvalue weighted by Crippen LogP contribution is 2.28. The molecular weight excluding hydrogens is 330 g/mol. The van der Waals surface area contributed by atoms with Gasteiger partial charge in [0.1, 0.15) is 6.04 Å². The van der Waals surface area contributed by atoms with Gasteiger partial charge in [0.25, 0.3) is 5.91 Å². The number of amides is 3. The largest absolute Gasteiger partial charge is 0.440 e. The number of nitrogens with one attached hydrogen (secondary N) is 1. The molecule has 3 amide bonds. The Morgan fingerprint density at radius 1 is 1.29 bits per heavy atom. The highest BCUT2D eigenvalue weighted by atomic mass is 32.2. The first-order chi connectivity index (χ1) is 11.4. The highest BCUT2D eigenvalue weighted by molar-refractivity contribution is 7.74. The molecule has 0 aliphatic carbocycles. The second-order valence-electron chi connectivity index (χ2n) is 6.17. The van der Waals surface area contributed by atoms with Gasteiger partial charge in [0.05, 0.1) is 0 Å². The van der Waals surface area contributed by atoms with E-state index >= 15 is 0 Å². The van der Waals surface area contributed by atoms with Crippen molar-refractivity contribution in [1.29, 1.82) is 0 Å². The van der Waals surface area contributed by atoms with Crippen molar-refractivity contribution < 1.29 is 18.6 Å². The van der Waals surface area contributed by atoms with E-state index in [0.29, 0.717) is 23.4 Å². The van der Waals surface area contributed by atoms with E-state index in [1.807, 2.05) is 13.8 Å². The van der Waals surface area contributed by atoms with Crippen molar-refractivity contribution in [2.75, 3.05) is 0 Å². The highest BCUT2D eigenvalue weighted by Gasteiger charge is 2.38. The Kier molecular flexibility index (Phi) is 4.40. The summed E-state index contributed by atoms with van der Waals surface area (Å²) in [6, 6.07) is 4.32. The monoisotopic (exact) mass is 348 g/mol. The zero-order valence-electron chi connectivity index (χ0n) is 13.4. The number of hydrogen-bond donors (Lipinski definition) is 1. The second-order valence-corrected chi connectivity index (χ2v) is 7.35. The van der Waals surface area contributed by atoms with Gasteiger partial charge in [-0.2, -0.15) is 10.6 Å². The van der Waals surface area contributed by atoms with E-state index in [1.54, 1.807) is 18.2 Å². The standard InChI is InChI=1S/C16H18N3O4S/c1-9(2)18-24(23)11-4-3-10-8-19(16(22)12(10)7-11)13-5-6-14(20)17-15(13)21/h3-4,7,9,13H,5-6,8H2,1-2H3,(H,17,20,21)/q-1. The molecule has 1 aromatic rings. The molecule has 8 heteroatoms. The normalized spacial score (nSPS) is 22.0. The lowest BCUT2D eigenvalue weighted by Gasteiger charge is -2.29. The van der Waals surface area contributed by atoms with Gasteiger partial charge in [-0.1, -0.05) is 23.1 Å². The Labute approximate surface area is 141 Å². The smallest absolute Gasteiger partial charge is 0.255 e. The molecule has 1 atom stereocenters. The molecule has 1 saturated heterocycles. The summed E-state index contributed by atoms with van der Waals surface area (Å²) in [5.74, 6) is -1.03. The molecule has 0 spiro atoms. The SMILES string of the molecule is CC(C)N=[S-](=O)c1ccc2c(c1)C(=O)N(C1CCC(=O)NC1=O)C2. The number of rotatable bonds is 3. The van der Waals surface area contributed by atoms with Gasteiger partial charge in [0, 0.05) is 24.6 Å². The Bertz CT molecular complexity index is 812. The van der Waals surface area contributed by atoms with E-state index in [9.17, 15) is 18.6 Å². The topological polar surface area (TPSA) is 95.9 Å². The third-order valence-corrected chi connectivity index (χ3v) is 5.28. The van der Waals surface area contributed by atoms with Crippen molar-refractivity contribution >= 4 is 28.3 Å². The summed E-state index contributed by atoms with van der Waals surface area (Å²) in [4.78, 5) is 37.9. The van der Waals surface area contributed by atoms with Crippen LogP contribution in [0.5, 0.6) is 0 Å². The lowest BCUT2D eigenvalue weighted by molar-refractivity contribution is -0.136. The lowest BCUT2D eigenvalue weighted by atomic mass is 10.0. The molecule has 2 aliphatic heterocycles. The van der Waals surface area contributed by atoms with Crippen molar-refractivity contribution in [3.8, 4) is 0 Å². The molecule has 1 unspecified atom stereocenters. The molecule has 3 rings (SSSR count).